The lowest BCUT2D eigenvalue weighted by Crippen LogP contribution is -2.56. The Balaban J connectivity index is 1.83. The molecule has 3 heterocycles. The summed E-state index contributed by atoms with van der Waals surface area (Å²) >= 11 is 5.83. The van der Waals surface area contributed by atoms with Gasteiger partial charge in [-0.2, -0.15) is 4.39 Å². The van der Waals surface area contributed by atoms with E-state index in [4.69, 9.17) is 16.3 Å². The van der Waals surface area contributed by atoms with Gasteiger partial charge in [0.25, 0.3) is 0 Å². The summed E-state index contributed by atoms with van der Waals surface area (Å²) in [6.45, 7) is 4.42. The smallest absolute Gasteiger partial charge is 0.219 e. The van der Waals surface area contributed by atoms with Crippen LogP contribution < -0.4 is 0 Å². The van der Waals surface area contributed by atoms with Crippen molar-refractivity contribution in [2.24, 2.45) is 5.92 Å². The Kier molecular flexibility index (Phi) is 3.69. The molecule has 0 aromatic carbocycles. The Morgan fingerprint density at radius 1 is 1.50 bits per heavy atom. The van der Waals surface area contributed by atoms with E-state index in [2.05, 4.69) is 9.88 Å². The van der Waals surface area contributed by atoms with Gasteiger partial charge in [-0.1, -0.05) is 18.5 Å². The molecule has 2 atom stereocenters. The molecule has 0 N–H and O–H groups in total. The monoisotopic (exact) mass is 302 g/mol. The predicted octanol–water partition coefficient (Wildman–Crippen LogP) is 2.78. The van der Waals surface area contributed by atoms with Crippen molar-refractivity contribution in [1.29, 1.82) is 0 Å². The number of ether oxygens (including phenoxy) is 1. The van der Waals surface area contributed by atoms with Gasteiger partial charge in [0, 0.05) is 30.8 Å². The fourth-order valence-electron chi connectivity index (χ4n) is 3.02. The molecule has 0 aliphatic carbocycles. The number of hydrogen-bond donors (Lipinski definition) is 0. The summed E-state index contributed by atoms with van der Waals surface area (Å²) in [5.41, 5.74) is -1.72. The maximum atomic E-state index is 15.3. The number of pyridine rings is 1. The van der Waals surface area contributed by atoms with E-state index in [1.165, 1.54) is 12.3 Å². The van der Waals surface area contributed by atoms with Crippen LogP contribution in [-0.4, -0.2) is 42.2 Å². The van der Waals surface area contributed by atoms with Gasteiger partial charge in [0.1, 0.15) is 5.67 Å². The highest BCUT2D eigenvalue weighted by Crippen LogP contribution is 2.43. The Labute approximate surface area is 121 Å². The van der Waals surface area contributed by atoms with E-state index in [1.807, 2.05) is 6.92 Å². The zero-order valence-corrected chi connectivity index (χ0v) is 12.0. The molecular weight excluding hydrogens is 286 g/mol. The first kappa shape index (κ1) is 14.2. The van der Waals surface area contributed by atoms with Crippen LogP contribution in [0.15, 0.2) is 12.3 Å². The fraction of sp³-hybridized carbons (Fsp3) is 0.643. The molecule has 0 amide bonds. The van der Waals surface area contributed by atoms with Gasteiger partial charge in [0.2, 0.25) is 5.95 Å². The fourth-order valence-corrected chi connectivity index (χ4v) is 3.18. The molecule has 20 heavy (non-hydrogen) atoms. The van der Waals surface area contributed by atoms with Gasteiger partial charge in [-0.3, -0.25) is 4.90 Å². The number of piperidine rings is 1. The van der Waals surface area contributed by atoms with Crippen molar-refractivity contribution in [3.8, 4) is 0 Å². The Bertz CT molecular complexity index is 512. The third kappa shape index (κ3) is 2.32. The van der Waals surface area contributed by atoms with Crippen molar-refractivity contribution in [2.75, 3.05) is 26.3 Å². The molecular formula is C14H17ClF2N2O. The van der Waals surface area contributed by atoms with E-state index in [0.717, 1.165) is 0 Å². The minimum Gasteiger partial charge on any atom is -0.378 e. The number of alkyl halides is 1. The normalized spacial score (nSPS) is 32.1. The van der Waals surface area contributed by atoms with Gasteiger partial charge in [-0.05, 0) is 12.5 Å². The summed E-state index contributed by atoms with van der Waals surface area (Å²) in [6.07, 6.45) is 1.46. The predicted molar refractivity (Wildman–Crippen MR) is 72.0 cm³/mol. The van der Waals surface area contributed by atoms with Crippen LogP contribution in [0.2, 0.25) is 5.02 Å². The van der Waals surface area contributed by atoms with Crippen LogP contribution in [0.4, 0.5) is 8.78 Å². The molecule has 0 saturated carbocycles. The number of likely N-dealkylation sites (tertiary alicyclic amines) is 1. The molecule has 2 aliphatic heterocycles. The number of hydrogen-bond acceptors (Lipinski definition) is 3. The quantitative estimate of drug-likeness (QED) is 0.786. The standard InChI is InChI=1S/C14H17ClF2N2O/c1-9-6-19(11-7-20-8-11)3-2-14(9,17)12-4-10(15)5-18-13(12)16/h4-5,9,11H,2-3,6-8H2,1H3. The van der Waals surface area contributed by atoms with Crippen LogP contribution in [0.25, 0.3) is 0 Å². The SMILES string of the molecule is CC1CN(C2COC2)CCC1(F)c1cc(Cl)cnc1F. The maximum Gasteiger partial charge on any atom is 0.219 e. The zero-order chi connectivity index (χ0) is 14.3. The number of halogens is 3. The van der Waals surface area contributed by atoms with Gasteiger partial charge in [0.05, 0.1) is 24.3 Å². The Morgan fingerprint density at radius 2 is 2.25 bits per heavy atom. The van der Waals surface area contributed by atoms with Gasteiger partial charge in [0.15, 0.2) is 0 Å². The summed E-state index contributed by atoms with van der Waals surface area (Å²) < 4.78 is 34.3. The number of nitrogens with zero attached hydrogens (tertiary/aromatic N) is 2. The first-order valence-corrected chi connectivity index (χ1v) is 7.21. The van der Waals surface area contributed by atoms with E-state index in [-0.39, 0.29) is 22.9 Å². The molecule has 3 nitrogen and oxygen atoms in total. The van der Waals surface area contributed by atoms with Crippen LogP contribution >= 0.6 is 11.6 Å². The zero-order valence-electron chi connectivity index (χ0n) is 11.3. The van der Waals surface area contributed by atoms with E-state index < -0.39 is 11.6 Å². The topological polar surface area (TPSA) is 25.4 Å². The average molecular weight is 303 g/mol. The van der Waals surface area contributed by atoms with Crippen molar-refractivity contribution in [2.45, 2.75) is 25.1 Å². The molecule has 2 saturated heterocycles. The van der Waals surface area contributed by atoms with E-state index in [0.29, 0.717) is 32.3 Å². The molecule has 2 fully saturated rings. The second kappa shape index (κ2) is 5.20. The minimum absolute atomic E-state index is 0.0120. The first-order valence-electron chi connectivity index (χ1n) is 6.83. The second-order valence-corrected chi connectivity index (χ2v) is 6.13. The number of rotatable bonds is 2. The van der Waals surface area contributed by atoms with Gasteiger partial charge in [-0.25, -0.2) is 9.37 Å². The first-order chi connectivity index (χ1) is 9.50. The highest BCUT2D eigenvalue weighted by molar-refractivity contribution is 6.30. The van der Waals surface area contributed by atoms with Crippen molar-refractivity contribution < 1.29 is 13.5 Å². The van der Waals surface area contributed by atoms with Gasteiger partial charge >= 0.3 is 0 Å². The molecule has 1 aromatic rings. The third-order valence-corrected chi connectivity index (χ3v) is 4.65. The molecule has 110 valence electrons. The molecule has 6 heteroatoms. The van der Waals surface area contributed by atoms with Gasteiger partial charge in [-0.15, -0.1) is 0 Å². The minimum atomic E-state index is -1.71. The van der Waals surface area contributed by atoms with Crippen molar-refractivity contribution >= 4 is 11.6 Å². The lowest BCUT2D eigenvalue weighted by molar-refractivity contribution is -0.101. The highest BCUT2D eigenvalue weighted by atomic mass is 35.5. The summed E-state index contributed by atoms with van der Waals surface area (Å²) in [4.78, 5) is 5.77. The van der Waals surface area contributed by atoms with E-state index >= 15 is 4.39 Å². The second-order valence-electron chi connectivity index (χ2n) is 5.69. The molecule has 2 aliphatic rings. The highest BCUT2D eigenvalue weighted by Gasteiger charge is 2.46. The maximum absolute atomic E-state index is 15.3. The van der Waals surface area contributed by atoms with Crippen molar-refractivity contribution in [3.05, 3.63) is 28.8 Å². The summed E-state index contributed by atoms with van der Waals surface area (Å²) in [5, 5.41) is 0.264. The lowest BCUT2D eigenvalue weighted by Gasteiger charge is -2.46. The van der Waals surface area contributed by atoms with Gasteiger partial charge < -0.3 is 4.74 Å². The lowest BCUT2D eigenvalue weighted by atomic mass is 9.78. The molecule has 0 spiro atoms. The Hall–Kier alpha value is -0.780. The van der Waals surface area contributed by atoms with Crippen LogP contribution in [-0.2, 0) is 10.4 Å². The molecule has 3 rings (SSSR count). The van der Waals surface area contributed by atoms with Crippen LogP contribution in [0.5, 0.6) is 0 Å². The molecule has 0 bridgehead atoms. The number of aromatic nitrogens is 1. The average Bonchev–Trinajstić information content (AvgIpc) is 2.35. The van der Waals surface area contributed by atoms with Crippen LogP contribution in [0, 0.1) is 11.9 Å². The van der Waals surface area contributed by atoms with Crippen molar-refractivity contribution in [3.63, 3.8) is 0 Å². The summed E-state index contributed by atoms with van der Waals surface area (Å²) in [6, 6.07) is 1.74. The van der Waals surface area contributed by atoms with Crippen molar-refractivity contribution in [1.82, 2.24) is 9.88 Å². The molecule has 1 aromatic heterocycles. The van der Waals surface area contributed by atoms with Crippen LogP contribution in [0.3, 0.4) is 0 Å². The van der Waals surface area contributed by atoms with E-state index in [1.54, 1.807) is 0 Å². The van der Waals surface area contributed by atoms with E-state index in [9.17, 15) is 4.39 Å². The third-order valence-electron chi connectivity index (χ3n) is 4.44. The Morgan fingerprint density at radius 3 is 2.85 bits per heavy atom. The summed E-state index contributed by atoms with van der Waals surface area (Å²) in [5.74, 6) is -1.07. The largest absolute Gasteiger partial charge is 0.378 e. The molecule has 0 radical (unpaired) electrons. The van der Waals surface area contributed by atoms with Crippen LogP contribution in [0.1, 0.15) is 18.9 Å². The molecule has 2 unspecified atom stereocenters. The summed E-state index contributed by atoms with van der Waals surface area (Å²) in [7, 11) is 0.